The van der Waals surface area contributed by atoms with Crippen molar-refractivity contribution in [2.75, 3.05) is 25.6 Å². The Morgan fingerprint density at radius 2 is 1.94 bits per heavy atom. The molecule has 88 valence electrons. The van der Waals surface area contributed by atoms with Gasteiger partial charge in [-0.3, -0.25) is 0 Å². The van der Waals surface area contributed by atoms with Crippen molar-refractivity contribution < 1.29 is 4.74 Å². The van der Waals surface area contributed by atoms with Gasteiger partial charge in [-0.2, -0.15) is 0 Å². The van der Waals surface area contributed by atoms with E-state index in [1.54, 1.807) is 7.11 Å². The van der Waals surface area contributed by atoms with E-state index in [2.05, 4.69) is 24.1 Å². The van der Waals surface area contributed by atoms with E-state index < -0.39 is 0 Å². The third kappa shape index (κ3) is 1.76. The molecule has 0 aliphatic heterocycles. The van der Waals surface area contributed by atoms with E-state index in [0.717, 1.165) is 12.3 Å². The number of anilines is 1. The van der Waals surface area contributed by atoms with E-state index in [1.807, 2.05) is 12.1 Å². The van der Waals surface area contributed by atoms with Crippen LogP contribution in [0, 0.1) is 0 Å². The number of rotatable bonds is 4. The van der Waals surface area contributed by atoms with Crippen LogP contribution in [0.2, 0.25) is 0 Å². The van der Waals surface area contributed by atoms with Crippen molar-refractivity contribution in [1.29, 1.82) is 0 Å². The third-order valence-electron chi connectivity index (χ3n) is 3.84. The number of hydrogen-bond acceptors (Lipinski definition) is 3. The van der Waals surface area contributed by atoms with Gasteiger partial charge in [0.15, 0.2) is 0 Å². The first-order chi connectivity index (χ1) is 7.72. The third-order valence-corrected chi connectivity index (χ3v) is 3.84. The molecule has 0 unspecified atom stereocenters. The van der Waals surface area contributed by atoms with Crippen molar-refractivity contribution in [2.24, 2.45) is 5.73 Å². The number of benzene rings is 1. The summed E-state index contributed by atoms with van der Waals surface area (Å²) < 4.78 is 5.16. The SMILES string of the molecule is COc1ccc(N(C)C2(CN)CCC2)cc1. The minimum Gasteiger partial charge on any atom is -0.497 e. The second-order valence-corrected chi connectivity index (χ2v) is 4.54. The Kier molecular flexibility index (Phi) is 3.06. The molecule has 1 aromatic carbocycles. The minimum absolute atomic E-state index is 0.189. The molecular formula is C13H20N2O. The Balaban J connectivity index is 2.16. The van der Waals surface area contributed by atoms with Gasteiger partial charge in [-0.05, 0) is 43.5 Å². The first-order valence-electron chi connectivity index (χ1n) is 5.80. The van der Waals surface area contributed by atoms with Crippen LogP contribution < -0.4 is 15.4 Å². The average Bonchev–Trinajstić information content (AvgIpc) is 2.28. The summed E-state index contributed by atoms with van der Waals surface area (Å²) in [5.41, 5.74) is 7.30. The van der Waals surface area contributed by atoms with Crippen LogP contribution >= 0.6 is 0 Å². The molecule has 1 aliphatic rings. The van der Waals surface area contributed by atoms with Gasteiger partial charge in [0, 0.05) is 19.3 Å². The van der Waals surface area contributed by atoms with E-state index in [1.165, 1.54) is 24.9 Å². The summed E-state index contributed by atoms with van der Waals surface area (Å²) in [5, 5.41) is 0. The van der Waals surface area contributed by atoms with Crippen LogP contribution in [0.15, 0.2) is 24.3 Å². The van der Waals surface area contributed by atoms with E-state index in [9.17, 15) is 0 Å². The summed E-state index contributed by atoms with van der Waals surface area (Å²) in [6, 6.07) is 8.17. The summed E-state index contributed by atoms with van der Waals surface area (Å²) in [5.74, 6) is 0.896. The highest BCUT2D eigenvalue weighted by atomic mass is 16.5. The van der Waals surface area contributed by atoms with Gasteiger partial charge >= 0.3 is 0 Å². The first kappa shape index (κ1) is 11.3. The van der Waals surface area contributed by atoms with Crippen LogP contribution in [0.3, 0.4) is 0 Å². The largest absolute Gasteiger partial charge is 0.497 e. The zero-order chi connectivity index (χ0) is 11.6. The molecule has 2 N–H and O–H groups in total. The number of ether oxygens (including phenoxy) is 1. The Morgan fingerprint density at radius 1 is 1.31 bits per heavy atom. The van der Waals surface area contributed by atoms with Gasteiger partial charge in [0.1, 0.15) is 5.75 Å². The fraction of sp³-hybridized carbons (Fsp3) is 0.538. The van der Waals surface area contributed by atoms with Crippen molar-refractivity contribution in [1.82, 2.24) is 0 Å². The maximum absolute atomic E-state index is 5.90. The van der Waals surface area contributed by atoms with Crippen LogP contribution in [-0.2, 0) is 0 Å². The molecule has 0 aromatic heterocycles. The van der Waals surface area contributed by atoms with Crippen LogP contribution in [0.25, 0.3) is 0 Å². The maximum atomic E-state index is 5.90. The standard InChI is InChI=1S/C13H20N2O/c1-15(13(10-14)8-3-9-13)11-4-6-12(16-2)7-5-11/h4-7H,3,8-10,14H2,1-2H3. The van der Waals surface area contributed by atoms with Crippen LogP contribution in [0.4, 0.5) is 5.69 Å². The van der Waals surface area contributed by atoms with Gasteiger partial charge in [0.05, 0.1) is 12.6 Å². The normalized spacial score (nSPS) is 17.7. The fourth-order valence-electron chi connectivity index (χ4n) is 2.34. The lowest BCUT2D eigenvalue weighted by molar-refractivity contribution is 0.246. The lowest BCUT2D eigenvalue weighted by Crippen LogP contribution is -2.57. The van der Waals surface area contributed by atoms with Crippen molar-refractivity contribution >= 4 is 5.69 Å². The smallest absolute Gasteiger partial charge is 0.119 e. The highest BCUT2D eigenvalue weighted by molar-refractivity contribution is 5.51. The van der Waals surface area contributed by atoms with Crippen LogP contribution in [0.1, 0.15) is 19.3 Å². The molecule has 0 heterocycles. The highest BCUT2D eigenvalue weighted by Crippen LogP contribution is 2.38. The number of likely N-dealkylation sites (N-methyl/N-ethyl adjacent to an activating group) is 1. The fourth-order valence-corrected chi connectivity index (χ4v) is 2.34. The molecule has 0 bridgehead atoms. The molecular weight excluding hydrogens is 200 g/mol. The van der Waals surface area contributed by atoms with Crippen molar-refractivity contribution in [3.05, 3.63) is 24.3 Å². The number of nitrogens with two attached hydrogens (primary N) is 1. The number of nitrogens with zero attached hydrogens (tertiary/aromatic N) is 1. The molecule has 1 saturated carbocycles. The van der Waals surface area contributed by atoms with E-state index in [-0.39, 0.29) is 5.54 Å². The Bertz CT molecular complexity index is 338. The summed E-state index contributed by atoms with van der Waals surface area (Å²) in [7, 11) is 3.82. The summed E-state index contributed by atoms with van der Waals surface area (Å²) in [6.45, 7) is 0.732. The summed E-state index contributed by atoms with van der Waals surface area (Å²) >= 11 is 0. The molecule has 0 radical (unpaired) electrons. The van der Waals surface area contributed by atoms with Gasteiger partial charge in [-0.25, -0.2) is 0 Å². The molecule has 2 rings (SSSR count). The Labute approximate surface area is 97.2 Å². The number of methoxy groups -OCH3 is 1. The molecule has 3 nitrogen and oxygen atoms in total. The predicted octanol–water partition coefficient (Wildman–Crippen LogP) is 2.01. The lowest BCUT2D eigenvalue weighted by atomic mass is 9.75. The van der Waals surface area contributed by atoms with Gasteiger partial charge in [0.2, 0.25) is 0 Å². The Hall–Kier alpha value is -1.22. The molecule has 16 heavy (non-hydrogen) atoms. The first-order valence-corrected chi connectivity index (χ1v) is 5.80. The van der Waals surface area contributed by atoms with E-state index >= 15 is 0 Å². The molecule has 3 heteroatoms. The molecule has 0 amide bonds. The lowest BCUT2D eigenvalue weighted by Gasteiger charge is -2.49. The molecule has 1 fully saturated rings. The topological polar surface area (TPSA) is 38.5 Å². The second kappa shape index (κ2) is 4.34. The minimum atomic E-state index is 0.189. The molecule has 1 aromatic rings. The van der Waals surface area contributed by atoms with Crippen molar-refractivity contribution in [2.45, 2.75) is 24.8 Å². The monoisotopic (exact) mass is 220 g/mol. The van der Waals surface area contributed by atoms with Crippen molar-refractivity contribution in [3.8, 4) is 5.75 Å². The zero-order valence-corrected chi connectivity index (χ0v) is 10.1. The second-order valence-electron chi connectivity index (χ2n) is 4.54. The summed E-state index contributed by atoms with van der Waals surface area (Å²) in [6.07, 6.45) is 3.69. The predicted molar refractivity (Wildman–Crippen MR) is 67.0 cm³/mol. The summed E-state index contributed by atoms with van der Waals surface area (Å²) in [4.78, 5) is 2.32. The van der Waals surface area contributed by atoms with Gasteiger partial charge in [-0.1, -0.05) is 0 Å². The molecule has 0 saturated heterocycles. The van der Waals surface area contributed by atoms with Gasteiger partial charge < -0.3 is 15.4 Å². The highest BCUT2D eigenvalue weighted by Gasteiger charge is 2.39. The maximum Gasteiger partial charge on any atom is 0.119 e. The van der Waals surface area contributed by atoms with Crippen LogP contribution in [-0.4, -0.2) is 26.2 Å². The van der Waals surface area contributed by atoms with E-state index in [0.29, 0.717) is 0 Å². The Morgan fingerprint density at radius 3 is 2.31 bits per heavy atom. The average molecular weight is 220 g/mol. The molecule has 0 spiro atoms. The van der Waals surface area contributed by atoms with E-state index in [4.69, 9.17) is 10.5 Å². The van der Waals surface area contributed by atoms with Crippen LogP contribution in [0.5, 0.6) is 5.75 Å². The van der Waals surface area contributed by atoms with Gasteiger partial charge in [0.25, 0.3) is 0 Å². The van der Waals surface area contributed by atoms with Crippen molar-refractivity contribution in [3.63, 3.8) is 0 Å². The number of hydrogen-bond donors (Lipinski definition) is 1. The molecule has 1 aliphatic carbocycles. The zero-order valence-electron chi connectivity index (χ0n) is 10.1. The molecule has 0 atom stereocenters. The quantitative estimate of drug-likeness (QED) is 0.843. The van der Waals surface area contributed by atoms with Gasteiger partial charge in [-0.15, -0.1) is 0 Å².